The second kappa shape index (κ2) is 10.5. The Labute approximate surface area is 203 Å². The Balaban J connectivity index is 1.37. The Hall–Kier alpha value is -3.00. The molecule has 7 nitrogen and oxygen atoms in total. The number of carboxylic acid groups (broad SMARTS) is 1. The molecule has 180 valence electrons. The lowest BCUT2D eigenvalue weighted by Gasteiger charge is -2.37. The van der Waals surface area contributed by atoms with Crippen molar-refractivity contribution in [1.29, 1.82) is 0 Å². The van der Waals surface area contributed by atoms with Gasteiger partial charge in [0.1, 0.15) is 12.6 Å². The number of benzene rings is 2. The summed E-state index contributed by atoms with van der Waals surface area (Å²) < 4.78 is 5.59. The van der Waals surface area contributed by atoms with Crippen LogP contribution in [0.2, 0.25) is 0 Å². The number of carboxylic acids is 1. The predicted molar refractivity (Wildman–Crippen MR) is 132 cm³/mol. The third kappa shape index (κ3) is 4.92. The van der Waals surface area contributed by atoms with Crippen LogP contribution in [0, 0.1) is 5.41 Å². The highest BCUT2D eigenvalue weighted by Gasteiger charge is 2.44. The molecule has 2 amide bonds. The van der Waals surface area contributed by atoms with Crippen molar-refractivity contribution >= 4 is 29.7 Å². The molecule has 0 spiro atoms. The van der Waals surface area contributed by atoms with Crippen LogP contribution in [0.15, 0.2) is 48.5 Å². The first-order valence-electron chi connectivity index (χ1n) is 11.6. The first-order valence-corrected chi connectivity index (χ1v) is 13.0. The van der Waals surface area contributed by atoms with Crippen molar-refractivity contribution in [3.63, 3.8) is 0 Å². The number of hydrogen-bond acceptors (Lipinski definition) is 5. The average Bonchev–Trinajstić information content (AvgIpc) is 3.13. The zero-order valence-electron chi connectivity index (χ0n) is 19.2. The molecule has 2 aromatic rings. The number of alkyl carbamates (subject to hydrolysis) is 1. The van der Waals surface area contributed by atoms with Crippen LogP contribution < -0.4 is 10.6 Å². The Kier molecular flexibility index (Phi) is 7.46. The van der Waals surface area contributed by atoms with Crippen molar-refractivity contribution < 1.29 is 24.2 Å². The molecular formula is C26H30N2O5S. The number of carbonyl (C=O) groups is 3. The molecule has 1 fully saturated rings. The van der Waals surface area contributed by atoms with E-state index in [0.717, 1.165) is 28.7 Å². The van der Waals surface area contributed by atoms with Crippen molar-refractivity contribution in [1.82, 2.24) is 10.6 Å². The van der Waals surface area contributed by atoms with E-state index in [1.807, 2.05) is 30.5 Å². The van der Waals surface area contributed by atoms with Gasteiger partial charge in [-0.05, 0) is 53.5 Å². The van der Waals surface area contributed by atoms with Crippen molar-refractivity contribution in [2.75, 3.05) is 25.2 Å². The number of thioether (sulfide) groups is 1. The Morgan fingerprint density at radius 1 is 1.09 bits per heavy atom. The van der Waals surface area contributed by atoms with Gasteiger partial charge in [-0.2, -0.15) is 11.8 Å². The van der Waals surface area contributed by atoms with Gasteiger partial charge < -0.3 is 20.5 Å². The molecule has 1 unspecified atom stereocenters. The number of nitrogens with one attached hydrogen (secondary N) is 2. The van der Waals surface area contributed by atoms with Crippen LogP contribution in [0.3, 0.4) is 0 Å². The van der Waals surface area contributed by atoms with Crippen LogP contribution in [0.25, 0.3) is 11.1 Å². The summed E-state index contributed by atoms with van der Waals surface area (Å²) in [6.07, 6.45) is 3.65. The zero-order valence-corrected chi connectivity index (χ0v) is 20.0. The van der Waals surface area contributed by atoms with Crippen LogP contribution in [0.4, 0.5) is 4.79 Å². The molecule has 4 rings (SSSR count). The van der Waals surface area contributed by atoms with E-state index in [4.69, 9.17) is 4.74 Å². The Morgan fingerprint density at radius 3 is 2.24 bits per heavy atom. The van der Waals surface area contributed by atoms with Crippen LogP contribution >= 0.6 is 11.8 Å². The second-order valence-electron chi connectivity index (χ2n) is 8.96. The smallest absolute Gasteiger partial charge is 0.407 e. The van der Waals surface area contributed by atoms with Crippen LogP contribution in [0.5, 0.6) is 0 Å². The lowest BCUT2D eigenvalue weighted by atomic mass is 9.69. The number of ether oxygens (including phenoxy) is 1. The second-order valence-corrected chi connectivity index (χ2v) is 9.95. The minimum Gasteiger partial charge on any atom is -0.481 e. The summed E-state index contributed by atoms with van der Waals surface area (Å²) in [5, 5.41) is 14.9. The summed E-state index contributed by atoms with van der Waals surface area (Å²) >= 11 is 1.57. The topological polar surface area (TPSA) is 105 Å². The van der Waals surface area contributed by atoms with Crippen LogP contribution in [-0.4, -0.2) is 54.3 Å². The van der Waals surface area contributed by atoms with Gasteiger partial charge in [0, 0.05) is 12.5 Å². The highest BCUT2D eigenvalue weighted by molar-refractivity contribution is 7.98. The maximum atomic E-state index is 12.8. The van der Waals surface area contributed by atoms with E-state index < -0.39 is 23.5 Å². The molecular weight excluding hydrogens is 452 g/mol. The summed E-state index contributed by atoms with van der Waals surface area (Å²) in [6, 6.07) is 15.4. The van der Waals surface area contributed by atoms with Gasteiger partial charge >= 0.3 is 12.1 Å². The standard InChI is InChI=1S/C26H30N2O5S/c1-34-14-11-22(23(29)27-16-26(24(30)31)12-6-13-26)28-25(32)33-15-21-19-9-4-2-7-17(19)18-8-3-5-10-20(18)21/h2-5,7-10,21-22H,6,11-16H2,1H3,(H,27,29)(H,28,32)(H,30,31). The van der Waals surface area contributed by atoms with Gasteiger partial charge in [-0.3, -0.25) is 9.59 Å². The third-order valence-electron chi connectivity index (χ3n) is 6.93. The van der Waals surface area contributed by atoms with Crippen molar-refractivity contribution in [3.05, 3.63) is 59.7 Å². The number of amides is 2. The minimum absolute atomic E-state index is 0.0642. The lowest BCUT2D eigenvalue weighted by molar-refractivity contribution is -0.154. The molecule has 8 heteroatoms. The number of carbonyl (C=O) groups excluding carboxylic acids is 2. The maximum Gasteiger partial charge on any atom is 0.407 e. The maximum absolute atomic E-state index is 12.8. The van der Waals surface area contributed by atoms with Gasteiger partial charge in [-0.1, -0.05) is 55.0 Å². The highest BCUT2D eigenvalue weighted by Crippen LogP contribution is 2.44. The van der Waals surface area contributed by atoms with Crippen molar-refractivity contribution in [3.8, 4) is 11.1 Å². The predicted octanol–water partition coefficient (Wildman–Crippen LogP) is 4.02. The van der Waals surface area contributed by atoms with E-state index in [0.29, 0.717) is 25.0 Å². The molecule has 3 N–H and O–H groups in total. The van der Waals surface area contributed by atoms with E-state index in [1.54, 1.807) is 11.8 Å². The molecule has 0 bridgehead atoms. The van der Waals surface area contributed by atoms with E-state index in [2.05, 4.69) is 34.9 Å². The number of fused-ring (bicyclic) bond motifs is 3. The lowest BCUT2D eigenvalue weighted by Crippen LogP contribution is -2.53. The molecule has 34 heavy (non-hydrogen) atoms. The Morgan fingerprint density at radius 2 is 1.71 bits per heavy atom. The minimum atomic E-state index is -0.885. The number of hydrogen-bond donors (Lipinski definition) is 3. The average molecular weight is 483 g/mol. The molecule has 0 radical (unpaired) electrons. The largest absolute Gasteiger partial charge is 0.481 e. The number of rotatable bonds is 10. The molecule has 0 heterocycles. The summed E-state index contributed by atoms with van der Waals surface area (Å²) in [4.78, 5) is 37.0. The van der Waals surface area contributed by atoms with E-state index in [9.17, 15) is 19.5 Å². The highest BCUT2D eigenvalue weighted by atomic mass is 32.2. The molecule has 0 aliphatic heterocycles. The summed E-state index contributed by atoms with van der Waals surface area (Å²) in [5.74, 6) is -0.656. The summed E-state index contributed by atoms with van der Waals surface area (Å²) in [5.41, 5.74) is 3.64. The fourth-order valence-corrected chi connectivity index (χ4v) is 5.21. The van der Waals surface area contributed by atoms with Gasteiger partial charge in [0.25, 0.3) is 0 Å². The van der Waals surface area contributed by atoms with Gasteiger partial charge in [0.05, 0.1) is 5.41 Å². The molecule has 2 aliphatic rings. The first-order chi connectivity index (χ1) is 16.4. The van der Waals surface area contributed by atoms with Gasteiger partial charge in [-0.15, -0.1) is 0 Å². The molecule has 0 saturated heterocycles. The monoisotopic (exact) mass is 482 g/mol. The van der Waals surface area contributed by atoms with Gasteiger partial charge in [0.2, 0.25) is 5.91 Å². The van der Waals surface area contributed by atoms with E-state index in [1.165, 1.54) is 0 Å². The molecule has 0 aromatic heterocycles. The van der Waals surface area contributed by atoms with Gasteiger partial charge in [0.15, 0.2) is 0 Å². The molecule has 1 atom stereocenters. The van der Waals surface area contributed by atoms with Crippen molar-refractivity contribution in [2.24, 2.45) is 5.41 Å². The molecule has 1 saturated carbocycles. The fraction of sp³-hybridized carbons (Fsp3) is 0.423. The van der Waals surface area contributed by atoms with E-state index >= 15 is 0 Å². The normalized spacial score (nSPS) is 16.5. The fourth-order valence-electron chi connectivity index (χ4n) is 4.74. The number of aliphatic carboxylic acids is 1. The SMILES string of the molecule is CSCCC(NC(=O)OCC1c2ccccc2-c2ccccc21)C(=O)NCC1(C(=O)O)CCC1. The third-order valence-corrected chi connectivity index (χ3v) is 7.57. The summed E-state index contributed by atoms with van der Waals surface area (Å²) in [7, 11) is 0. The molecule has 2 aliphatic carbocycles. The van der Waals surface area contributed by atoms with E-state index in [-0.39, 0.29) is 25.0 Å². The Bertz CT molecular complexity index is 1020. The first kappa shape index (κ1) is 24.1. The van der Waals surface area contributed by atoms with Crippen LogP contribution in [0.1, 0.15) is 42.7 Å². The summed E-state index contributed by atoms with van der Waals surface area (Å²) in [6.45, 7) is 0.238. The molecule has 2 aromatic carbocycles. The quantitative estimate of drug-likeness (QED) is 0.473. The van der Waals surface area contributed by atoms with Crippen molar-refractivity contribution in [2.45, 2.75) is 37.6 Å². The van der Waals surface area contributed by atoms with Gasteiger partial charge in [-0.25, -0.2) is 4.79 Å². The van der Waals surface area contributed by atoms with Crippen LogP contribution in [-0.2, 0) is 14.3 Å². The zero-order chi connectivity index (χ0) is 24.1.